The Morgan fingerprint density at radius 1 is 0.933 bits per heavy atom. The number of carbonyl (C=O) groups excluding carboxylic acids is 2. The molecule has 0 bridgehead atoms. The lowest BCUT2D eigenvalue weighted by atomic mass is 10.0. The molecule has 2 amide bonds. The molecule has 0 unspecified atom stereocenters. The molecule has 4 rings (SSSR count). The van der Waals surface area contributed by atoms with Crippen molar-refractivity contribution >= 4 is 35.3 Å². The van der Waals surface area contributed by atoms with E-state index in [0.29, 0.717) is 5.69 Å². The van der Waals surface area contributed by atoms with E-state index in [-0.39, 0.29) is 17.9 Å². The number of nitrogens with one attached hydrogen (secondary N) is 1. The maximum absolute atomic E-state index is 12.5. The molecule has 0 spiro atoms. The van der Waals surface area contributed by atoms with Crippen molar-refractivity contribution < 1.29 is 9.59 Å². The molecule has 1 aliphatic heterocycles. The third-order valence-corrected chi connectivity index (χ3v) is 5.32. The van der Waals surface area contributed by atoms with Crippen molar-refractivity contribution in [3.05, 3.63) is 95.1 Å². The quantitative estimate of drug-likeness (QED) is 0.595. The first-order valence-corrected chi connectivity index (χ1v) is 10.1. The number of rotatable bonds is 4. The Morgan fingerprint density at radius 3 is 2.23 bits per heavy atom. The minimum absolute atomic E-state index is 0.0102. The lowest BCUT2D eigenvalue weighted by Crippen LogP contribution is -2.29. The predicted molar refractivity (Wildman–Crippen MR) is 122 cm³/mol. The molecular formula is C26H24N2O2. The predicted octanol–water partition coefficient (Wildman–Crippen LogP) is 5.47. The van der Waals surface area contributed by atoms with E-state index in [1.807, 2.05) is 71.6 Å². The maximum Gasteiger partial charge on any atom is 0.224 e. The van der Waals surface area contributed by atoms with Gasteiger partial charge in [0.15, 0.2) is 0 Å². The second-order valence-corrected chi connectivity index (χ2v) is 7.51. The van der Waals surface area contributed by atoms with Crippen LogP contribution in [0.4, 0.5) is 11.4 Å². The fourth-order valence-corrected chi connectivity index (χ4v) is 4.02. The number of anilines is 2. The van der Waals surface area contributed by atoms with Crippen molar-refractivity contribution in [2.75, 3.05) is 10.2 Å². The molecule has 3 aromatic rings. The smallest absolute Gasteiger partial charge is 0.224 e. The van der Waals surface area contributed by atoms with Gasteiger partial charge < -0.3 is 10.2 Å². The molecular weight excluding hydrogens is 372 g/mol. The lowest BCUT2D eigenvalue weighted by molar-refractivity contribution is -0.117. The van der Waals surface area contributed by atoms with Crippen molar-refractivity contribution in [3.63, 3.8) is 0 Å². The molecule has 150 valence electrons. The Balaban J connectivity index is 1.77. The van der Waals surface area contributed by atoms with E-state index in [1.54, 1.807) is 6.92 Å². The highest BCUT2D eigenvalue weighted by atomic mass is 16.2. The van der Waals surface area contributed by atoms with E-state index >= 15 is 0 Å². The summed E-state index contributed by atoms with van der Waals surface area (Å²) in [5, 5.41) is 2.93. The summed E-state index contributed by atoms with van der Waals surface area (Å²) >= 11 is 0. The fraction of sp³-hybridized carbons (Fsp3) is 0.154. The standard InChI is InChI=1S/C26H24N2O2/c1-18(29)27-24-17-26-23(15-22(24)14-13-20-9-5-3-6-10-20)16-25(28(26)19(2)30)21-11-7-4-8-12-21/h3-15,17,25H,16H2,1-2H3,(H,27,29)/t25-/m0/s1. The van der Waals surface area contributed by atoms with Crippen LogP contribution in [0.2, 0.25) is 0 Å². The molecule has 30 heavy (non-hydrogen) atoms. The highest BCUT2D eigenvalue weighted by molar-refractivity contribution is 5.99. The van der Waals surface area contributed by atoms with Crippen LogP contribution in [-0.4, -0.2) is 11.8 Å². The zero-order valence-electron chi connectivity index (χ0n) is 17.1. The van der Waals surface area contributed by atoms with Crippen LogP contribution in [0.3, 0.4) is 0 Å². The third kappa shape index (κ3) is 4.03. The number of carbonyl (C=O) groups is 2. The van der Waals surface area contributed by atoms with E-state index in [4.69, 9.17) is 0 Å². The Hall–Kier alpha value is -3.66. The van der Waals surface area contributed by atoms with Gasteiger partial charge in [-0.2, -0.15) is 0 Å². The first-order valence-electron chi connectivity index (χ1n) is 10.1. The van der Waals surface area contributed by atoms with Gasteiger partial charge in [-0.25, -0.2) is 0 Å². The lowest BCUT2D eigenvalue weighted by Gasteiger charge is -2.25. The molecule has 0 aromatic heterocycles. The Morgan fingerprint density at radius 2 is 1.60 bits per heavy atom. The molecule has 0 saturated carbocycles. The average Bonchev–Trinajstić information content (AvgIpc) is 3.11. The molecule has 0 radical (unpaired) electrons. The molecule has 4 nitrogen and oxygen atoms in total. The number of fused-ring (bicyclic) bond motifs is 1. The van der Waals surface area contributed by atoms with Crippen LogP contribution in [0.25, 0.3) is 12.2 Å². The van der Waals surface area contributed by atoms with Crippen LogP contribution in [-0.2, 0) is 16.0 Å². The summed E-state index contributed by atoms with van der Waals surface area (Å²) in [7, 11) is 0. The van der Waals surface area contributed by atoms with Gasteiger partial charge in [0.2, 0.25) is 11.8 Å². The number of benzene rings is 3. The van der Waals surface area contributed by atoms with E-state index in [0.717, 1.165) is 34.4 Å². The number of hydrogen-bond acceptors (Lipinski definition) is 2. The van der Waals surface area contributed by atoms with Crippen LogP contribution in [0.15, 0.2) is 72.8 Å². The minimum Gasteiger partial charge on any atom is -0.326 e. The highest BCUT2D eigenvalue weighted by Gasteiger charge is 2.33. The van der Waals surface area contributed by atoms with E-state index in [9.17, 15) is 9.59 Å². The van der Waals surface area contributed by atoms with Crippen LogP contribution >= 0.6 is 0 Å². The summed E-state index contributed by atoms with van der Waals surface area (Å²) in [5.41, 5.74) is 5.77. The molecule has 4 heteroatoms. The second kappa shape index (κ2) is 8.37. The Kier molecular flexibility index (Phi) is 5.48. The molecule has 0 aliphatic carbocycles. The van der Waals surface area contributed by atoms with E-state index in [2.05, 4.69) is 23.5 Å². The van der Waals surface area contributed by atoms with E-state index in [1.165, 1.54) is 6.92 Å². The van der Waals surface area contributed by atoms with Crippen molar-refractivity contribution in [1.29, 1.82) is 0 Å². The maximum atomic E-state index is 12.5. The van der Waals surface area contributed by atoms with Gasteiger partial charge in [0, 0.05) is 19.5 Å². The molecule has 0 saturated heterocycles. The Bertz CT molecular complexity index is 1100. The van der Waals surface area contributed by atoms with Gasteiger partial charge in [0.1, 0.15) is 0 Å². The summed E-state index contributed by atoms with van der Waals surface area (Å²) < 4.78 is 0. The van der Waals surface area contributed by atoms with Gasteiger partial charge in [-0.1, -0.05) is 72.8 Å². The van der Waals surface area contributed by atoms with Gasteiger partial charge in [-0.05, 0) is 40.8 Å². The molecule has 3 aromatic carbocycles. The van der Waals surface area contributed by atoms with Gasteiger partial charge in [-0.3, -0.25) is 9.59 Å². The van der Waals surface area contributed by atoms with Crippen molar-refractivity contribution in [1.82, 2.24) is 0 Å². The van der Waals surface area contributed by atoms with E-state index < -0.39 is 0 Å². The van der Waals surface area contributed by atoms with Gasteiger partial charge >= 0.3 is 0 Å². The summed E-state index contributed by atoms with van der Waals surface area (Å²) in [6.07, 6.45) is 4.78. The molecule has 1 N–H and O–H groups in total. The molecule has 1 heterocycles. The first-order chi connectivity index (χ1) is 14.5. The van der Waals surface area contributed by atoms with Crippen molar-refractivity contribution in [3.8, 4) is 0 Å². The van der Waals surface area contributed by atoms with Gasteiger partial charge in [0.05, 0.1) is 11.7 Å². The fourth-order valence-electron chi connectivity index (χ4n) is 4.02. The van der Waals surface area contributed by atoms with Crippen LogP contribution in [0.1, 0.15) is 42.1 Å². The number of nitrogens with zero attached hydrogens (tertiary/aromatic N) is 1. The topological polar surface area (TPSA) is 49.4 Å². The molecule has 1 aliphatic rings. The summed E-state index contributed by atoms with van der Waals surface area (Å²) in [4.78, 5) is 26.2. The second-order valence-electron chi connectivity index (χ2n) is 7.51. The van der Waals surface area contributed by atoms with Crippen LogP contribution in [0.5, 0.6) is 0 Å². The molecule has 0 fully saturated rings. The normalized spacial score (nSPS) is 15.3. The monoisotopic (exact) mass is 396 g/mol. The molecule has 1 atom stereocenters. The van der Waals surface area contributed by atoms with Gasteiger partial charge in [-0.15, -0.1) is 0 Å². The van der Waals surface area contributed by atoms with Crippen LogP contribution < -0.4 is 10.2 Å². The number of amides is 2. The van der Waals surface area contributed by atoms with Crippen molar-refractivity contribution in [2.45, 2.75) is 26.3 Å². The average molecular weight is 396 g/mol. The third-order valence-electron chi connectivity index (χ3n) is 5.32. The minimum atomic E-state index is -0.142. The summed E-state index contributed by atoms with van der Waals surface area (Å²) in [6, 6.07) is 24.1. The highest BCUT2D eigenvalue weighted by Crippen LogP contribution is 2.43. The Labute approximate surface area is 176 Å². The summed E-state index contributed by atoms with van der Waals surface area (Å²) in [5.74, 6) is -0.153. The largest absolute Gasteiger partial charge is 0.326 e. The van der Waals surface area contributed by atoms with Crippen LogP contribution in [0, 0.1) is 0 Å². The SMILES string of the molecule is CC(=O)Nc1cc2c(cc1C=Cc1ccccc1)C[C@@H](c1ccccc1)N2C(C)=O. The summed E-state index contributed by atoms with van der Waals surface area (Å²) in [6.45, 7) is 3.08. The zero-order chi connectivity index (χ0) is 21.1. The van der Waals surface area contributed by atoms with Gasteiger partial charge in [0.25, 0.3) is 0 Å². The zero-order valence-corrected chi connectivity index (χ0v) is 17.1. The van der Waals surface area contributed by atoms with Crippen molar-refractivity contribution in [2.24, 2.45) is 0 Å². The number of hydrogen-bond donors (Lipinski definition) is 1. The first kappa shape index (κ1) is 19.6.